The molecule has 0 amide bonds. The minimum absolute atomic E-state index is 0.335. The molecule has 112 valence electrons. The van der Waals surface area contributed by atoms with E-state index in [9.17, 15) is 15.0 Å². The number of aromatic nitrogens is 2. The summed E-state index contributed by atoms with van der Waals surface area (Å²) in [6.45, 7) is 1.85. The van der Waals surface area contributed by atoms with Gasteiger partial charge in [-0.05, 0) is 29.3 Å². The highest BCUT2D eigenvalue weighted by Gasteiger charge is 2.22. The van der Waals surface area contributed by atoms with E-state index in [4.69, 9.17) is 4.84 Å². The lowest BCUT2D eigenvalue weighted by Crippen LogP contribution is -2.27. The molecule has 2 rings (SSSR count). The summed E-state index contributed by atoms with van der Waals surface area (Å²) in [7, 11) is 2.69. The first kappa shape index (κ1) is 15.6. The molecule has 2 heterocycles. The fraction of sp³-hybridized carbons (Fsp3) is 0.231. The van der Waals surface area contributed by atoms with Crippen molar-refractivity contribution in [3.8, 4) is 11.8 Å². The smallest absolute Gasteiger partial charge is 0.346 e. The highest BCUT2D eigenvalue weighted by Crippen LogP contribution is 2.34. The molecule has 6 nitrogen and oxygen atoms in total. The molecule has 0 saturated carbocycles. The summed E-state index contributed by atoms with van der Waals surface area (Å²) in [5.74, 6) is -1.22. The second kappa shape index (κ2) is 7.28. The molecule has 0 radical (unpaired) electrons. The number of nitrogens with zero attached hydrogens (tertiary/aromatic N) is 2. The fourth-order valence-corrected chi connectivity index (χ4v) is 3.72. The zero-order chi connectivity index (χ0) is 15.2. The Hall–Kier alpha value is -1.80. The van der Waals surface area contributed by atoms with Crippen molar-refractivity contribution in [3.05, 3.63) is 36.5 Å². The third kappa shape index (κ3) is 4.08. The number of carbonyl (C=O) groups is 1. The molecule has 21 heavy (non-hydrogen) atoms. The Bertz CT molecular complexity index is 584. The predicted molar refractivity (Wildman–Crippen MR) is 81.1 cm³/mol. The maximum absolute atomic E-state index is 12.0. The zero-order valence-electron chi connectivity index (χ0n) is 11.2. The van der Waals surface area contributed by atoms with Crippen LogP contribution in [0, 0.1) is 0 Å². The molecule has 8 heteroatoms. The van der Waals surface area contributed by atoms with Crippen LogP contribution in [0.3, 0.4) is 0 Å². The van der Waals surface area contributed by atoms with Gasteiger partial charge in [-0.2, -0.15) is 0 Å². The Balaban J connectivity index is 1.96. The zero-order valence-corrected chi connectivity index (χ0v) is 12.8. The second-order valence-corrected chi connectivity index (χ2v) is 6.42. The molecule has 1 atom stereocenters. The van der Waals surface area contributed by atoms with Crippen LogP contribution >= 0.6 is 21.6 Å². The van der Waals surface area contributed by atoms with Crippen molar-refractivity contribution < 1.29 is 19.8 Å². The van der Waals surface area contributed by atoms with Crippen LogP contribution in [0.1, 0.15) is 13.3 Å². The summed E-state index contributed by atoms with van der Waals surface area (Å²) >= 11 is 0. The first-order valence-corrected chi connectivity index (χ1v) is 8.39. The molecule has 0 bridgehead atoms. The molecule has 0 aromatic carbocycles. The van der Waals surface area contributed by atoms with Gasteiger partial charge in [0.2, 0.25) is 11.8 Å². The van der Waals surface area contributed by atoms with E-state index >= 15 is 0 Å². The van der Waals surface area contributed by atoms with Gasteiger partial charge < -0.3 is 15.1 Å². The van der Waals surface area contributed by atoms with Crippen molar-refractivity contribution in [2.45, 2.75) is 23.6 Å². The van der Waals surface area contributed by atoms with Crippen LogP contribution in [-0.4, -0.2) is 31.1 Å². The summed E-state index contributed by atoms with van der Waals surface area (Å²) in [6, 6.07) is 8.00. The summed E-state index contributed by atoms with van der Waals surface area (Å²) in [5, 5.41) is 19.2. The first-order valence-electron chi connectivity index (χ1n) is 6.18. The minimum atomic E-state index is -0.548. The Morgan fingerprint density at radius 3 is 2.62 bits per heavy atom. The highest BCUT2D eigenvalue weighted by atomic mass is 33.1. The number of hydrogen-bond donors (Lipinski definition) is 2. The van der Waals surface area contributed by atoms with E-state index in [-0.39, 0.29) is 11.8 Å². The maximum atomic E-state index is 12.0. The van der Waals surface area contributed by atoms with E-state index in [0.717, 1.165) is 5.03 Å². The van der Waals surface area contributed by atoms with Crippen LogP contribution in [0.25, 0.3) is 0 Å². The second-order valence-electron chi connectivity index (χ2n) is 4.00. The van der Waals surface area contributed by atoms with Gasteiger partial charge in [0.05, 0.1) is 0 Å². The van der Waals surface area contributed by atoms with Crippen LogP contribution in [0.4, 0.5) is 0 Å². The van der Waals surface area contributed by atoms with E-state index in [0.29, 0.717) is 11.2 Å². The molecule has 0 aliphatic heterocycles. The minimum Gasteiger partial charge on any atom is -0.492 e. The molecule has 2 aromatic heterocycles. The van der Waals surface area contributed by atoms with Gasteiger partial charge in [-0.1, -0.05) is 23.8 Å². The Labute approximate surface area is 129 Å². The van der Waals surface area contributed by atoms with Crippen molar-refractivity contribution in [2.24, 2.45) is 0 Å². The fourth-order valence-electron chi connectivity index (χ4n) is 1.42. The third-order valence-electron chi connectivity index (χ3n) is 2.50. The van der Waals surface area contributed by atoms with Crippen molar-refractivity contribution in [3.63, 3.8) is 0 Å². The Morgan fingerprint density at radius 2 is 2.05 bits per heavy atom. The van der Waals surface area contributed by atoms with E-state index in [1.807, 2.05) is 25.1 Å². The molecule has 0 saturated heterocycles. The average Bonchev–Trinajstić information content (AvgIpc) is 2.81. The van der Waals surface area contributed by atoms with Crippen molar-refractivity contribution in [1.82, 2.24) is 9.71 Å². The van der Waals surface area contributed by atoms with Crippen molar-refractivity contribution in [2.75, 3.05) is 0 Å². The molecule has 0 aliphatic rings. The summed E-state index contributed by atoms with van der Waals surface area (Å²) in [5.41, 5.74) is 0. The number of aromatic hydroxyl groups is 2. The van der Waals surface area contributed by atoms with Crippen molar-refractivity contribution >= 4 is 27.6 Å². The van der Waals surface area contributed by atoms with Gasteiger partial charge in [0, 0.05) is 18.3 Å². The number of carbonyl (C=O) groups excluding carboxylic acids is 1. The highest BCUT2D eigenvalue weighted by molar-refractivity contribution is 8.77. The summed E-state index contributed by atoms with van der Waals surface area (Å²) in [6.07, 6.45) is 2.23. The van der Waals surface area contributed by atoms with Crippen LogP contribution in [-0.2, 0) is 4.79 Å². The number of pyridine rings is 1. The molecule has 1 unspecified atom stereocenters. The third-order valence-corrected chi connectivity index (χ3v) is 5.26. The SMILES string of the molecule is CCC(SSc1ccccn1)C(=O)On1c(O)ccc1O. The van der Waals surface area contributed by atoms with Crippen LogP contribution in [0.5, 0.6) is 11.8 Å². The standard InChI is InChI=1S/C13H14N2O4S2/c1-2-9(20-21-10-5-3-4-8-14-10)13(18)19-15-11(16)6-7-12(15)17/h3-9,16-17H,2H2,1H3. The molecule has 0 aliphatic carbocycles. The van der Waals surface area contributed by atoms with Gasteiger partial charge in [-0.15, -0.1) is 4.73 Å². The van der Waals surface area contributed by atoms with Crippen LogP contribution < -0.4 is 4.84 Å². The number of hydrogen-bond acceptors (Lipinski definition) is 7. The van der Waals surface area contributed by atoms with Gasteiger partial charge in [-0.3, -0.25) is 0 Å². The van der Waals surface area contributed by atoms with Gasteiger partial charge in [0.15, 0.2) is 0 Å². The summed E-state index contributed by atoms with van der Waals surface area (Å²) < 4.78 is 0.691. The monoisotopic (exact) mass is 326 g/mol. The molecule has 0 fully saturated rings. The van der Waals surface area contributed by atoms with Gasteiger partial charge in [0.1, 0.15) is 10.3 Å². The molecular weight excluding hydrogens is 312 g/mol. The molecule has 2 N–H and O–H groups in total. The molecular formula is C13H14N2O4S2. The molecule has 2 aromatic rings. The quantitative estimate of drug-likeness (QED) is 0.789. The van der Waals surface area contributed by atoms with Crippen LogP contribution in [0.2, 0.25) is 0 Å². The van der Waals surface area contributed by atoms with Gasteiger partial charge in [0.25, 0.3) is 0 Å². The van der Waals surface area contributed by atoms with E-state index in [1.165, 1.54) is 33.7 Å². The van der Waals surface area contributed by atoms with Crippen LogP contribution in [0.15, 0.2) is 41.6 Å². The Kier molecular flexibility index (Phi) is 5.40. The predicted octanol–water partition coefficient (Wildman–Crippen LogP) is 2.47. The van der Waals surface area contributed by atoms with E-state index in [1.54, 1.807) is 6.20 Å². The lowest BCUT2D eigenvalue weighted by Gasteiger charge is -2.13. The lowest BCUT2D eigenvalue weighted by atomic mass is 10.3. The normalized spacial score (nSPS) is 12.0. The molecule has 0 spiro atoms. The largest absolute Gasteiger partial charge is 0.492 e. The summed E-state index contributed by atoms with van der Waals surface area (Å²) in [4.78, 5) is 21.2. The van der Waals surface area contributed by atoms with E-state index in [2.05, 4.69) is 4.98 Å². The number of rotatable bonds is 6. The Morgan fingerprint density at radius 1 is 1.33 bits per heavy atom. The van der Waals surface area contributed by atoms with Gasteiger partial charge >= 0.3 is 5.97 Å². The van der Waals surface area contributed by atoms with Crippen molar-refractivity contribution in [1.29, 1.82) is 0 Å². The lowest BCUT2D eigenvalue weighted by molar-refractivity contribution is -0.144. The first-order chi connectivity index (χ1) is 10.1. The van der Waals surface area contributed by atoms with E-state index < -0.39 is 11.2 Å². The van der Waals surface area contributed by atoms with Gasteiger partial charge in [-0.25, -0.2) is 9.78 Å². The topological polar surface area (TPSA) is 84.6 Å². The maximum Gasteiger partial charge on any atom is 0.346 e. The average molecular weight is 326 g/mol.